The van der Waals surface area contributed by atoms with Crippen molar-refractivity contribution in [1.82, 2.24) is 20.8 Å². The van der Waals surface area contributed by atoms with Crippen molar-refractivity contribution >= 4 is 17.9 Å². The molecule has 0 fully saturated rings. The number of carbonyl (C=O) groups is 3. The maximum absolute atomic E-state index is 11.6. The first-order valence-electron chi connectivity index (χ1n) is 6.57. The normalized spacial score (nSPS) is 13.1. The second-order valence-corrected chi connectivity index (χ2v) is 4.55. The van der Waals surface area contributed by atoms with Crippen molar-refractivity contribution in [2.45, 2.75) is 24.9 Å². The third-order valence-electron chi connectivity index (χ3n) is 2.64. The number of aromatic nitrogens is 2. The summed E-state index contributed by atoms with van der Waals surface area (Å²) in [5.74, 6) is -2.00. The molecule has 0 spiro atoms. The third kappa shape index (κ3) is 6.27. The van der Waals surface area contributed by atoms with Crippen LogP contribution in [-0.2, 0) is 9.59 Å². The van der Waals surface area contributed by atoms with Crippen LogP contribution in [0.15, 0.2) is 4.52 Å². The predicted molar refractivity (Wildman–Crippen MR) is 73.7 cm³/mol. The molecule has 0 bridgehead atoms. The van der Waals surface area contributed by atoms with Crippen molar-refractivity contribution in [2.24, 2.45) is 11.5 Å². The Morgan fingerprint density at radius 2 is 2.04 bits per heavy atom. The second-order valence-electron chi connectivity index (χ2n) is 4.55. The molecule has 8 N–H and O–H groups in total. The molecule has 0 saturated heterocycles. The van der Waals surface area contributed by atoms with Crippen molar-refractivity contribution in [3.63, 3.8) is 0 Å². The highest BCUT2D eigenvalue weighted by Gasteiger charge is 2.25. The minimum absolute atomic E-state index is 0.0938. The fourth-order valence-corrected chi connectivity index (χ4v) is 1.57. The average molecular weight is 330 g/mol. The molecule has 3 amide bonds. The molecule has 0 unspecified atom stereocenters. The molecule has 1 aromatic rings. The lowest BCUT2D eigenvalue weighted by Crippen LogP contribution is -2.41. The Morgan fingerprint density at radius 3 is 2.61 bits per heavy atom. The van der Waals surface area contributed by atoms with Gasteiger partial charge in [0.15, 0.2) is 5.82 Å². The Bertz CT molecular complexity index is 561. The number of nitrogens with one attached hydrogen (secondary N) is 2. The van der Waals surface area contributed by atoms with E-state index < -0.39 is 36.5 Å². The Balaban J connectivity index is 2.79. The Hall–Kier alpha value is -2.73. The molecule has 0 aliphatic carbocycles. The molecule has 0 aromatic carbocycles. The van der Waals surface area contributed by atoms with Crippen LogP contribution in [0.25, 0.3) is 0 Å². The van der Waals surface area contributed by atoms with E-state index in [1.807, 2.05) is 0 Å². The number of nitrogens with zero attached hydrogens (tertiary/aromatic N) is 2. The van der Waals surface area contributed by atoms with Crippen LogP contribution < -0.4 is 22.1 Å². The van der Waals surface area contributed by atoms with Gasteiger partial charge in [-0.15, -0.1) is 0 Å². The maximum atomic E-state index is 11.6. The minimum atomic E-state index is -1.23. The van der Waals surface area contributed by atoms with Gasteiger partial charge in [0.1, 0.15) is 12.6 Å². The largest absolute Gasteiger partial charge is 0.480 e. The molecule has 12 nitrogen and oxygen atoms in total. The molecular formula is C11H18N6O6. The monoisotopic (exact) mass is 330 g/mol. The van der Waals surface area contributed by atoms with Gasteiger partial charge in [-0.1, -0.05) is 5.16 Å². The smallest absolute Gasteiger partial charge is 0.323 e. The molecule has 1 aromatic heterocycles. The lowest BCUT2D eigenvalue weighted by molar-refractivity contribution is -0.135. The number of urea groups is 1. The van der Waals surface area contributed by atoms with E-state index in [1.54, 1.807) is 0 Å². The second kappa shape index (κ2) is 8.65. The van der Waals surface area contributed by atoms with Gasteiger partial charge < -0.3 is 36.8 Å². The lowest BCUT2D eigenvalue weighted by atomic mass is 10.2. The molecule has 0 aliphatic rings. The topological polar surface area (TPSA) is 207 Å². The molecule has 128 valence electrons. The summed E-state index contributed by atoms with van der Waals surface area (Å²) in [5, 5.41) is 25.3. The summed E-state index contributed by atoms with van der Waals surface area (Å²) >= 11 is 0. The summed E-state index contributed by atoms with van der Waals surface area (Å²) in [6, 6.07) is -2.56. The van der Waals surface area contributed by atoms with E-state index in [9.17, 15) is 14.4 Å². The average Bonchev–Trinajstić information content (AvgIpc) is 2.94. The maximum Gasteiger partial charge on any atom is 0.323 e. The van der Waals surface area contributed by atoms with Gasteiger partial charge in [0.05, 0.1) is 12.5 Å². The summed E-state index contributed by atoms with van der Waals surface area (Å²) in [5.41, 5.74) is 10.8. The highest BCUT2D eigenvalue weighted by Crippen LogP contribution is 2.17. The summed E-state index contributed by atoms with van der Waals surface area (Å²) in [7, 11) is 0. The van der Waals surface area contributed by atoms with Crippen LogP contribution in [-0.4, -0.2) is 51.4 Å². The number of carboxylic acids is 1. The highest BCUT2D eigenvalue weighted by atomic mass is 16.5. The van der Waals surface area contributed by atoms with Crippen LogP contribution in [0.3, 0.4) is 0 Å². The summed E-state index contributed by atoms with van der Waals surface area (Å²) in [6.07, 6.45) is -0.136. The molecule has 12 heteroatoms. The van der Waals surface area contributed by atoms with Crippen LogP contribution in [0.2, 0.25) is 0 Å². The quantitative estimate of drug-likeness (QED) is 0.288. The van der Waals surface area contributed by atoms with Crippen LogP contribution in [0, 0.1) is 0 Å². The van der Waals surface area contributed by atoms with E-state index >= 15 is 0 Å². The van der Waals surface area contributed by atoms with E-state index in [1.165, 1.54) is 0 Å². The third-order valence-corrected chi connectivity index (χ3v) is 2.64. The number of hydrogen-bond donors (Lipinski definition) is 6. The van der Waals surface area contributed by atoms with Crippen molar-refractivity contribution in [1.29, 1.82) is 0 Å². The Kier molecular flexibility index (Phi) is 6.89. The molecule has 2 atom stereocenters. The summed E-state index contributed by atoms with van der Waals surface area (Å²) < 4.78 is 4.93. The number of primary amides is 1. The molecular weight excluding hydrogens is 312 g/mol. The lowest BCUT2D eigenvalue weighted by Gasteiger charge is -2.13. The van der Waals surface area contributed by atoms with Crippen LogP contribution in [0.5, 0.6) is 0 Å². The Morgan fingerprint density at radius 1 is 1.35 bits per heavy atom. The van der Waals surface area contributed by atoms with E-state index in [4.69, 9.17) is 26.2 Å². The van der Waals surface area contributed by atoms with E-state index in [0.717, 1.165) is 0 Å². The van der Waals surface area contributed by atoms with Crippen molar-refractivity contribution in [3.8, 4) is 0 Å². The van der Waals surface area contributed by atoms with Gasteiger partial charge in [-0.2, -0.15) is 4.98 Å². The first-order valence-corrected chi connectivity index (χ1v) is 6.57. The van der Waals surface area contributed by atoms with Gasteiger partial charge in [0, 0.05) is 6.61 Å². The minimum Gasteiger partial charge on any atom is -0.480 e. The number of amides is 3. The number of aliphatic carboxylic acids is 1. The number of hydrogen-bond acceptors (Lipinski definition) is 8. The molecule has 0 radical (unpaired) electrons. The van der Waals surface area contributed by atoms with Crippen molar-refractivity contribution < 1.29 is 29.1 Å². The van der Waals surface area contributed by atoms with Gasteiger partial charge in [0.25, 0.3) is 0 Å². The van der Waals surface area contributed by atoms with Crippen molar-refractivity contribution in [2.75, 3.05) is 13.2 Å². The van der Waals surface area contributed by atoms with Gasteiger partial charge in [-0.3, -0.25) is 9.59 Å². The molecule has 0 aliphatic heterocycles. The number of carbonyl (C=O) groups excluding carboxylic acids is 2. The zero-order valence-corrected chi connectivity index (χ0v) is 12.1. The number of carboxylic acid groups (broad SMARTS) is 1. The molecule has 23 heavy (non-hydrogen) atoms. The van der Waals surface area contributed by atoms with Crippen LogP contribution in [0.4, 0.5) is 4.79 Å². The molecule has 1 heterocycles. The fraction of sp³-hybridized carbons (Fsp3) is 0.545. The van der Waals surface area contributed by atoms with Gasteiger partial charge in [-0.05, 0) is 6.42 Å². The summed E-state index contributed by atoms with van der Waals surface area (Å²) in [6.45, 7) is -0.781. The fourth-order valence-electron chi connectivity index (χ4n) is 1.57. The van der Waals surface area contributed by atoms with Gasteiger partial charge in [0.2, 0.25) is 11.8 Å². The molecule has 0 saturated carbocycles. The zero-order valence-electron chi connectivity index (χ0n) is 12.1. The predicted octanol–water partition coefficient (Wildman–Crippen LogP) is -2.25. The first kappa shape index (κ1) is 18.3. The van der Waals surface area contributed by atoms with E-state index in [2.05, 4.69) is 20.8 Å². The molecule has 1 rings (SSSR count). The number of nitrogens with two attached hydrogens (primary N) is 2. The number of aliphatic hydroxyl groups excluding tert-OH is 1. The SMILES string of the molecule is NC(=O)C[C@@H](NC(=O)NCC(=O)O)c1nc([C@@H](N)CCO)no1. The summed E-state index contributed by atoms with van der Waals surface area (Å²) in [4.78, 5) is 37.0. The van der Waals surface area contributed by atoms with Crippen LogP contribution in [0.1, 0.15) is 36.6 Å². The zero-order chi connectivity index (χ0) is 17.4. The van der Waals surface area contributed by atoms with Crippen molar-refractivity contribution in [3.05, 3.63) is 11.7 Å². The number of aliphatic hydroxyl groups is 1. The van der Waals surface area contributed by atoms with Gasteiger partial charge in [-0.25, -0.2) is 4.79 Å². The van der Waals surface area contributed by atoms with Gasteiger partial charge >= 0.3 is 12.0 Å². The standard InChI is InChI=1S/C11H18N6O6/c12-5(1-2-18)9-16-10(23-17-9)6(3-7(13)19)15-11(22)14-4-8(20)21/h5-6,18H,1-4,12H2,(H2,13,19)(H,20,21)(H2,14,15,22)/t5-,6+/m0/s1. The highest BCUT2D eigenvalue weighted by molar-refractivity contribution is 5.81. The van der Waals surface area contributed by atoms with Crippen LogP contribution >= 0.6 is 0 Å². The van der Waals surface area contributed by atoms with E-state index in [0.29, 0.717) is 0 Å². The number of rotatable bonds is 9. The van der Waals surface area contributed by atoms with E-state index in [-0.39, 0.29) is 31.2 Å². The Labute approximate surface area is 130 Å². The first-order chi connectivity index (χ1) is 10.8.